The lowest BCUT2D eigenvalue weighted by Crippen LogP contribution is -2.24. The highest BCUT2D eigenvalue weighted by Crippen LogP contribution is 2.21. The fourth-order valence-electron chi connectivity index (χ4n) is 2.17. The Bertz CT molecular complexity index is 525. The van der Waals surface area contributed by atoms with E-state index in [9.17, 15) is 4.39 Å². The van der Waals surface area contributed by atoms with Gasteiger partial charge in [-0.1, -0.05) is 28.9 Å². The molecule has 0 fully saturated rings. The van der Waals surface area contributed by atoms with Crippen molar-refractivity contribution in [3.63, 3.8) is 0 Å². The van der Waals surface area contributed by atoms with Crippen LogP contribution in [-0.4, -0.2) is 11.5 Å². The third kappa shape index (κ3) is 4.39. The van der Waals surface area contributed by atoms with Gasteiger partial charge in [0.05, 0.1) is 0 Å². The number of benzene rings is 1. The normalized spacial score (nSPS) is 12.3. The highest BCUT2D eigenvalue weighted by Gasteiger charge is 2.12. The molecule has 106 valence electrons. The molecule has 1 aromatic carbocycles. The van der Waals surface area contributed by atoms with Crippen molar-refractivity contribution >= 4 is 15.9 Å². The molecule has 0 bridgehead atoms. The molecule has 2 nitrogen and oxygen atoms in total. The molecule has 1 aromatic heterocycles. The molecule has 0 aliphatic carbocycles. The van der Waals surface area contributed by atoms with Crippen LogP contribution in [0.5, 0.6) is 0 Å². The number of halogens is 2. The monoisotopic (exact) mass is 336 g/mol. The van der Waals surface area contributed by atoms with Gasteiger partial charge in [-0.25, -0.2) is 4.39 Å². The van der Waals surface area contributed by atoms with Crippen molar-refractivity contribution in [2.24, 2.45) is 0 Å². The Balaban J connectivity index is 2.19. The highest BCUT2D eigenvalue weighted by atomic mass is 79.9. The zero-order valence-corrected chi connectivity index (χ0v) is 13.0. The smallest absolute Gasteiger partial charge is 0.124 e. The van der Waals surface area contributed by atoms with Crippen LogP contribution < -0.4 is 5.32 Å². The van der Waals surface area contributed by atoms with Crippen molar-refractivity contribution in [3.8, 4) is 0 Å². The van der Waals surface area contributed by atoms with E-state index in [2.05, 4.69) is 39.2 Å². The van der Waals surface area contributed by atoms with Crippen molar-refractivity contribution in [2.45, 2.75) is 25.8 Å². The Hall–Kier alpha value is -1.26. The summed E-state index contributed by atoms with van der Waals surface area (Å²) in [4.78, 5) is 4.17. The first-order valence-electron chi connectivity index (χ1n) is 6.77. The van der Waals surface area contributed by atoms with Gasteiger partial charge in [-0.2, -0.15) is 0 Å². The third-order valence-electron chi connectivity index (χ3n) is 3.09. The third-order valence-corrected chi connectivity index (χ3v) is 3.55. The van der Waals surface area contributed by atoms with Gasteiger partial charge in [0.25, 0.3) is 0 Å². The first-order valence-corrected chi connectivity index (χ1v) is 7.56. The number of hydrogen-bond donors (Lipinski definition) is 1. The van der Waals surface area contributed by atoms with Crippen LogP contribution in [0.2, 0.25) is 0 Å². The van der Waals surface area contributed by atoms with Crippen LogP contribution in [0.1, 0.15) is 30.5 Å². The Labute approximate surface area is 127 Å². The van der Waals surface area contributed by atoms with Gasteiger partial charge in [0.2, 0.25) is 0 Å². The van der Waals surface area contributed by atoms with E-state index in [1.54, 1.807) is 12.3 Å². The maximum Gasteiger partial charge on any atom is 0.124 e. The zero-order chi connectivity index (χ0) is 14.4. The molecular weight excluding hydrogens is 319 g/mol. The molecule has 2 aromatic rings. The molecule has 1 unspecified atom stereocenters. The molecule has 20 heavy (non-hydrogen) atoms. The summed E-state index contributed by atoms with van der Waals surface area (Å²) in [5, 5.41) is 3.50. The van der Waals surface area contributed by atoms with E-state index in [1.165, 1.54) is 6.07 Å². The van der Waals surface area contributed by atoms with E-state index in [0.717, 1.165) is 35.0 Å². The van der Waals surface area contributed by atoms with Crippen LogP contribution in [0.25, 0.3) is 0 Å². The van der Waals surface area contributed by atoms with E-state index in [0.29, 0.717) is 0 Å². The van der Waals surface area contributed by atoms with Gasteiger partial charge in [0.15, 0.2) is 0 Å². The van der Waals surface area contributed by atoms with Crippen molar-refractivity contribution in [2.75, 3.05) is 6.54 Å². The Morgan fingerprint density at radius 3 is 2.85 bits per heavy atom. The minimum atomic E-state index is -0.213. The summed E-state index contributed by atoms with van der Waals surface area (Å²) >= 11 is 3.34. The molecule has 0 aliphatic heterocycles. The molecular formula is C16H18BrFN2. The van der Waals surface area contributed by atoms with Crippen LogP contribution >= 0.6 is 15.9 Å². The van der Waals surface area contributed by atoms with Gasteiger partial charge in [-0.3, -0.25) is 4.98 Å². The molecule has 2 rings (SSSR count). The van der Waals surface area contributed by atoms with Crippen molar-refractivity contribution < 1.29 is 4.39 Å². The molecule has 0 aliphatic rings. The summed E-state index contributed by atoms with van der Waals surface area (Å²) in [5.41, 5.74) is 2.09. The van der Waals surface area contributed by atoms with Crippen LogP contribution in [0, 0.1) is 5.82 Å². The molecule has 0 amide bonds. The van der Waals surface area contributed by atoms with Crippen LogP contribution in [0.4, 0.5) is 4.39 Å². The lowest BCUT2D eigenvalue weighted by Gasteiger charge is -2.19. The first-order chi connectivity index (χ1) is 9.69. The Morgan fingerprint density at radius 2 is 2.20 bits per heavy atom. The molecule has 0 saturated carbocycles. The number of nitrogens with one attached hydrogen (secondary N) is 1. The van der Waals surface area contributed by atoms with Gasteiger partial charge < -0.3 is 5.32 Å². The van der Waals surface area contributed by atoms with Crippen LogP contribution in [-0.2, 0) is 6.42 Å². The molecule has 1 heterocycles. The predicted octanol–water partition coefficient (Wildman–Crippen LogP) is 4.27. The molecule has 0 spiro atoms. The Kier molecular flexibility index (Phi) is 5.68. The van der Waals surface area contributed by atoms with Crippen molar-refractivity contribution in [3.05, 3.63) is 64.1 Å². The minimum absolute atomic E-state index is 0.150. The number of nitrogens with zero attached hydrogens (tertiary/aromatic N) is 1. The lowest BCUT2D eigenvalue weighted by molar-refractivity contribution is 0.525. The second kappa shape index (κ2) is 7.50. The first kappa shape index (κ1) is 15.1. The highest BCUT2D eigenvalue weighted by molar-refractivity contribution is 9.10. The predicted molar refractivity (Wildman–Crippen MR) is 83.1 cm³/mol. The maximum atomic E-state index is 13.5. The SMILES string of the molecule is CCCNC(Cc1cc(F)cc(Br)c1)c1cccnc1. The van der Waals surface area contributed by atoms with Gasteiger partial charge in [0.1, 0.15) is 5.82 Å². The van der Waals surface area contributed by atoms with Gasteiger partial charge in [-0.05, 0) is 54.8 Å². The van der Waals surface area contributed by atoms with E-state index in [-0.39, 0.29) is 11.9 Å². The average Bonchev–Trinajstić information content (AvgIpc) is 2.43. The molecule has 4 heteroatoms. The molecule has 0 saturated heterocycles. The van der Waals surface area contributed by atoms with Gasteiger partial charge in [0, 0.05) is 22.9 Å². The lowest BCUT2D eigenvalue weighted by atomic mass is 10.00. The van der Waals surface area contributed by atoms with E-state index < -0.39 is 0 Å². The number of aromatic nitrogens is 1. The summed E-state index contributed by atoms with van der Waals surface area (Å²) in [6.45, 7) is 3.06. The second-order valence-electron chi connectivity index (χ2n) is 4.77. The molecule has 1 N–H and O–H groups in total. The summed E-state index contributed by atoms with van der Waals surface area (Å²) in [6, 6.07) is 9.15. The summed E-state index contributed by atoms with van der Waals surface area (Å²) in [5.74, 6) is -0.213. The largest absolute Gasteiger partial charge is 0.310 e. The standard InChI is InChI=1S/C16H18BrFN2/c1-2-5-20-16(13-4-3-6-19-11-13)9-12-7-14(17)10-15(18)8-12/h3-4,6-8,10-11,16,20H,2,5,9H2,1H3. The Morgan fingerprint density at radius 1 is 1.35 bits per heavy atom. The quantitative estimate of drug-likeness (QED) is 0.852. The minimum Gasteiger partial charge on any atom is -0.310 e. The van der Waals surface area contributed by atoms with Crippen molar-refractivity contribution in [1.82, 2.24) is 10.3 Å². The van der Waals surface area contributed by atoms with Crippen LogP contribution in [0.3, 0.4) is 0 Å². The number of hydrogen-bond acceptors (Lipinski definition) is 2. The summed E-state index contributed by atoms with van der Waals surface area (Å²) in [7, 11) is 0. The summed E-state index contributed by atoms with van der Waals surface area (Å²) in [6.07, 6.45) is 5.42. The summed E-state index contributed by atoms with van der Waals surface area (Å²) < 4.78 is 14.2. The zero-order valence-electron chi connectivity index (χ0n) is 11.4. The van der Waals surface area contributed by atoms with Gasteiger partial charge >= 0.3 is 0 Å². The van der Waals surface area contributed by atoms with E-state index >= 15 is 0 Å². The maximum absolute atomic E-state index is 13.5. The van der Waals surface area contributed by atoms with E-state index in [4.69, 9.17) is 0 Å². The van der Waals surface area contributed by atoms with Crippen molar-refractivity contribution in [1.29, 1.82) is 0 Å². The molecule has 0 radical (unpaired) electrons. The van der Waals surface area contributed by atoms with E-state index in [1.807, 2.05) is 18.3 Å². The fraction of sp³-hybridized carbons (Fsp3) is 0.312. The molecule has 1 atom stereocenters. The van der Waals surface area contributed by atoms with Crippen LogP contribution in [0.15, 0.2) is 47.2 Å². The average molecular weight is 337 g/mol. The number of pyridine rings is 1. The second-order valence-corrected chi connectivity index (χ2v) is 5.69. The fourth-order valence-corrected chi connectivity index (χ4v) is 2.69. The topological polar surface area (TPSA) is 24.9 Å². The number of rotatable bonds is 6. The van der Waals surface area contributed by atoms with Gasteiger partial charge in [-0.15, -0.1) is 0 Å².